The van der Waals surface area contributed by atoms with Crippen molar-refractivity contribution in [2.75, 3.05) is 0 Å². The van der Waals surface area contributed by atoms with Crippen molar-refractivity contribution in [1.29, 1.82) is 0 Å². The molecule has 238 valence electrons. The Hall–Kier alpha value is -6.76. The summed E-state index contributed by atoms with van der Waals surface area (Å²) >= 11 is 0. The maximum Gasteiger partial charge on any atom is -0.00201 e. The molecule has 12 rings (SSSR count). The highest BCUT2D eigenvalue weighted by molar-refractivity contribution is 6.32. The second kappa shape index (κ2) is 10.4. The van der Waals surface area contributed by atoms with Gasteiger partial charge in [-0.25, -0.2) is 0 Å². The molecule has 0 aromatic heterocycles. The van der Waals surface area contributed by atoms with Crippen molar-refractivity contribution in [2.45, 2.75) is 0 Å². The Bertz CT molecular complexity index is 3390. The van der Waals surface area contributed by atoms with Crippen LogP contribution < -0.4 is 0 Å². The first-order valence-electron chi connectivity index (χ1n) is 18.2. The average Bonchev–Trinajstić information content (AvgIpc) is 3.21. The highest BCUT2D eigenvalue weighted by atomic mass is 14.2. The Kier molecular flexibility index (Phi) is 5.59. The maximum atomic E-state index is 2.45. The van der Waals surface area contributed by atoms with Gasteiger partial charge in [-0.15, -0.1) is 0 Å². The second-order valence-corrected chi connectivity index (χ2v) is 14.4. The lowest BCUT2D eigenvalue weighted by Gasteiger charge is -2.20. The number of rotatable bonds is 3. The van der Waals surface area contributed by atoms with Gasteiger partial charge in [0.05, 0.1) is 0 Å². The first-order valence-corrected chi connectivity index (χ1v) is 18.2. The Morgan fingerprint density at radius 3 is 1.35 bits per heavy atom. The van der Waals surface area contributed by atoms with Crippen LogP contribution in [0.25, 0.3) is 120 Å². The number of hydrogen-bond acceptors (Lipinski definition) is 0. The average molecular weight is 655 g/mol. The van der Waals surface area contributed by atoms with Crippen LogP contribution in [0, 0.1) is 0 Å². The Labute approximate surface area is 300 Å². The van der Waals surface area contributed by atoms with Crippen LogP contribution in [0.2, 0.25) is 0 Å². The normalized spacial score (nSPS) is 12.2. The van der Waals surface area contributed by atoms with Gasteiger partial charge in [0.2, 0.25) is 0 Å². The van der Waals surface area contributed by atoms with Crippen LogP contribution in [0.3, 0.4) is 0 Å². The van der Waals surface area contributed by atoms with Crippen LogP contribution in [0.4, 0.5) is 0 Å². The third-order valence-electron chi connectivity index (χ3n) is 11.7. The fourth-order valence-corrected chi connectivity index (χ4v) is 9.40. The van der Waals surface area contributed by atoms with E-state index in [4.69, 9.17) is 0 Å². The third kappa shape index (κ3) is 3.81. The summed E-state index contributed by atoms with van der Waals surface area (Å²) < 4.78 is 0. The van der Waals surface area contributed by atoms with Crippen LogP contribution in [0.1, 0.15) is 0 Å². The van der Waals surface area contributed by atoms with E-state index in [1.165, 1.54) is 120 Å². The molecule has 0 unspecified atom stereocenters. The smallest absolute Gasteiger partial charge is 0.00201 e. The van der Waals surface area contributed by atoms with Gasteiger partial charge in [-0.2, -0.15) is 0 Å². The molecule has 0 N–H and O–H groups in total. The number of fused-ring (bicyclic) bond motifs is 2. The Balaban J connectivity index is 1.14. The van der Waals surface area contributed by atoms with Crippen LogP contribution in [0.5, 0.6) is 0 Å². The Morgan fingerprint density at radius 1 is 0.192 bits per heavy atom. The van der Waals surface area contributed by atoms with Gasteiger partial charge in [0, 0.05) is 0 Å². The maximum absolute atomic E-state index is 2.45. The quantitative estimate of drug-likeness (QED) is 0.166. The molecule has 0 aliphatic rings. The van der Waals surface area contributed by atoms with Crippen molar-refractivity contribution < 1.29 is 0 Å². The van der Waals surface area contributed by atoms with E-state index < -0.39 is 0 Å². The summed E-state index contributed by atoms with van der Waals surface area (Å²) in [5.41, 5.74) is 7.68. The molecule has 12 aromatic rings. The summed E-state index contributed by atoms with van der Waals surface area (Å²) in [6.45, 7) is 0. The molecule has 0 nitrogen and oxygen atoms in total. The molecule has 0 bridgehead atoms. The molecule has 0 saturated carbocycles. The van der Waals surface area contributed by atoms with Crippen molar-refractivity contribution in [1.82, 2.24) is 0 Å². The van der Waals surface area contributed by atoms with E-state index in [1.807, 2.05) is 0 Å². The van der Waals surface area contributed by atoms with Crippen molar-refractivity contribution in [3.8, 4) is 33.4 Å². The van der Waals surface area contributed by atoms with Crippen LogP contribution in [-0.4, -0.2) is 0 Å². The van der Waals surface area contributed by atoms with E-state index >= 15 is 0 Å². The minimum atomic E-state index is 1.26. The lowest BCUT2D eigenvalue weighted by atomic mass is 9.83. The van der Waals surface area contributed by atoms with Crippen LogP contribution >= 0.6 is 0 Å². The van der Waals surface area contributed by atoms with Gasteiger partial charge in [-0.05, 0) is 138 Å². The summed E-state index contributed by atoms with van der Waals surface area (Å²) in [6, 6.07) is 68.2. The molecule has 0 aliphatic carbocycles. The van der Waals surface area contributed by atoms with E-state index in [0.29, 0.717) is 0 Å². The largest absolute Gasteiger partial charge is 0.0616 e. The van der Waals surface area contributed by atoms with Gasteiger partial charge in [0.15, 0.2) is 0 Å². The van der Waals surface area contributed by atoms with Crippen molar-refractivity contribution >= 4 is 86.2 Å². The van der Waals surface area contributed by atoms with E-state index in [9.17, 15) is 0 Å². The van der Waals surface area contributed by atoms with E-state index in [1.54, 1.807) is 0 Å². The molecule has 0 aliphatic heterocycles. The van der Waals surface area contributed by atoms with E-state index in [0.717, 1.165) is 0 Å². The molecule has 12 aromatic carbocycles. The van der Waals surface area contributed by atoms with Crippen molar-refractivity contribution in [3.63, 3.8) is 0 Å². The molecule has 0 amide bonds. The molecule has 0 saturated heterocycles. The van der Waals surface area contributed by atoms with Gasteiger partial charge in [-0.3, -0.25) is 0 Å². The zero-order valence-corrected chi connectivity index (χ0v) is 28.3. The standard InChI is InChI=1S/C52H30/c1-2-10-35-28-36(19-18-31(35)8-1)40-24-22-37-29-47(43-16-6-12-33-20-26-45(40)51(37)49(33)43)48-30-38-23-25-42(41-15-5-11-32-9-3-4-14-39(32)41)46-27-21-34-13-7-17-44(48)50(34)52(38)46/h1-30H. The van der Waals surface area contributed by atoms with Gasteiger partial charge in [0.25, 0.3) is 0 Å². The summed E-state index contributed by atoms with van der Waals surface area (Å²) in [5.74, 6) is 0. The fraction of sp³-hybridized carbons (Fsp3) is 0. The summed E-state index contributed by atoms with van der Waals surface area (Å²) in [7, 11) is 0. The van der Waals surface area contributed by atoms with Gasteiger partial charge in [-0.1, -0.05) is 164 Å². The molecule has 0 fully saturated rings. The molecule has 0 radical (unpaired) electrons. The zero-order chi connectivity index (χ0) is 33.9. The van der Waals surface area contributed by atoms with Crippen molar-refractivity contribution in [2.24, 2.45) is 0 Å². The lowest BCUT2D eigenvalue weighted by molar-refractivity contribution is 1.69. The molecule has 0 heteroatoms. The summed E-state index contributed by atoms with van der Waals surface area (Å²) in [4.78, 5) is 0. The topological polar surface area (TPSA) is 0 Å². The highest BCUT2D eigenvalue weighted by Gasteiger charge is 2.20. The Morgan fingerprint density at radius 2 is 0.635 bits per heavy atom. The van der Waals surface area contributed by atoms with Crippen molar-refractivity contribution in [3.05, 3.63) is 182 Å². The molecule has 0 heterocycles. The third-order valence-corrected chi connectivity index (χ3v) is 11.7. The molecule has 0 spiro atoms. The number of hydrogen-bond donors (Lipinski definition) is 0. The lowest BCUT2D eigenvalue weighted by Crippen LogP contribution is -1.93. The first kappa shape index (κ1) is 28.0. The highest BCUT2D eigenvalue weighted by Crippen LogP contribution is 2.48. The fourth-order valence-electron chi connectivity index (χ4n) is 9.40. The van der Waals surface area contributed by atoms with E-state index in [-0.39, 0.29) is 0 Å². The molecular weight excluding hydrogens is 625 g/mol. The first-order chi connectivity index (χ1) is 25.8. The summed E-state index contributed by atoms with van der Waals surface area (Å²) in [5, 5.41) is 20.8. The zero-order valence-electron chi connectivity index (χ0n) is 28.3. The van der Waals surface area contributed by atoms with Gasteiger partial charge in [0.1, 0.15) is 0 Å². The van der Waals surface area contributed by atoms with Gasteiger partial charge < -0.3 is 0 Å². The predicted molar refractivity (Wildman–Crippen MR) is 225 cm³/mol. The van der Waals surface area contributed by atoms with Crippen LogP contribution in [-0.2, 0) is 0 Å². The van der Waals surface area contributed by atoms with Crippen LogP contribution in [0.15, 0.2) is 182 Å². The number of benzene rings is 12. The van der Waals surface area contributed by atoms with E-state index in [2.05, 4.69) is 182 Å². The summed E-state index contributed by atoms with van der Waals surface area (Å²) in [6.07, 6.45) is 0. The predicted octanol–water partition coefficient (Wildman–Crippen LogP) is 14.8. The minimum absolute atomic E-state index is 1.26. The molecular formula is C52H30. The monoisotopic (exact) mass is 654 g/mol. The van der Waals surface area contributed by atoms with Gasteiger partial charge >= 0.3 is 0 Å². The molecule has 52 heavy (non-hydrogen) atoms. The molecule has 0 atom stereocenters. The minimum Gasteiger partial charge on any atom is -0.0616 e. The second-order valence-electron chi connectivity index (χ2n) is 14.4. The SMILES string of the molecule is c1ccc2cc(-c3ccc4cc(-c5cc6ccc(-c7cccc8ccccc78)c7ccc8cccc5c8c67)c5cccc6ccc3c4c65)ccc2c1.